The molecule has 0 saturated carbocycles. The number of hydrogen-bond donors (Lipinski definition) is 1. The van der Waals surface area contributed by atoms with Gasteiger partial charge in [-0.3, -0.25) is 0 Å². The minimum Gasteiger partial charge on any atom is -1.00 e. The van der Waals surface area contributed by atoms with Crippen molar-refractivity contribution in [3.8, 4) is 0 Å². The Bertz CT molecular complexity index is 438. The molecule has 2 heteroatoms. The lowest BCUT2D eigenvalue weighted by atomic mass is 9.99. The molecule has 1 saturated heterocycles. The van der Waals surface area contributed by atoms with Gasteiger partial charge in [-0.2, -0.15) is 0 Å². The van der Waals surface area contributed by atoms with Crippen molar-refractivity contribution in [2.24, 2.45) is 5.92 Å². The molecule has 0 aromatic heterocycles. The van der Waals surface area contributed by atoms with E-state index >= 15 is 0 Å². The number of hydrogen-bond acceptors (Lipinski definition) is 0. The van der Waals surface area contributed by atoms with Gasteiger partial charge in [-0.25, -0.2) is 0 Å². The fourth-order valence-electron chi connectivity index (χ4n) is 7.40. The molecule has 2 atom stereocenters. The molecule has 1 aliphatic rings. The lowest BCUT2D eigenvalue weighted by Crippen LogP contribution is -3.10. The summed E-state index contributed by atoms with van der Waals surface area (Å²) in [5, 5.41) is 0. The third-order valence-electron chi connectivity index (χ3n) is 10.3. The highest BCUT2D eigenvalue weighted by Gasteiger charge is 2.24. The van der Waals surface area contributed by atoms with Crippen molar-refractivity contribution < 1.29 is 21.9 Å². The largest absolute Gasteiger partial charge is 1.00 e. The molecular weight excluding hydrogens is 574 g/mol. The fraction of sp³-hybridized carbons (Fsp3) is 1.00. The Balaban J connectivity index is 0.0000168. The molecule has 0 aromatic carbocycles. The Morgan fingerprint density at radius 2 is 0.667 bits per heavy atom. The van der Waals surface area contributed by atoms with E-state index in [1.165, 1.54) is 238 Å². The molecule has 0 aromatic rings. The van der Waals surface area contributed by atoms with E-state index in [4.69, 9.17) is 0 Å². The van der Waals surface area contributed by atoms with Gasteiger partial charge >= 0.3 is 0 Å². The fourth-order valence-corrected chi connectivity index (χ4v) is 7.40. The van der Waals surface area contributed by atoms with Crippen LogP contribution >= 0.6 is 0 Å². The summed E-state index contributed by atoms with van der Waals surface area (Å²) in [6.45, 7) is 9.06. The van der Waals surface area contributed by atoms with E-state index in [0.29, 0.717) is 0 Å². The van der Waals surface area contributed by atoms with Gasteiger partial charge in [0.2, 0.25) is 0 Å². The van der Waals surface area contributed by atoms with E-state index in [9.17, 15) is 0 Å². The van der Waals surface area contributed by atoms with E-state index in [1.54, 1.807) is 0 Å². The highest BCUT2D eigenvalue weighted by atomic mass is 79.9. The van der Waals surface area contributed by atoms with Crippen LogP contribution in [-0.2, 0) is 0 Å². The zero-order valence-corrected chi connectivity index (χ0v) is 31.2. The number of halogens is 1. The van der Waals surface area contributed by atoms with Crippen molar-refractivity contribution in [3.63, 3.8) is 0 Å². The quantitative estimate of drug-likeness (QED) is 0.0658. The molecule has 254 valence electrons. The van der Waals surface area contributed by atoms with Crippen LogP contribution in [-0.4, -0.2) is 19.6 Å². The van der Waals surface area contributed by atoms with Crippen LogP contribution < -0.4 is 21.9 Å². The Labute approximate surface area is 278 Å². The summed E-state index contributed by atoms with van der Waals surface area (Å²) in [5.41, 5.74) is 0. The van der Waals surface area contributed by atoms with E-state index in [2.05, 4.69) is 13.8 Å². The van der Waals surface area contributed by atoms with Crippen LogP contribution in [0.25, 0.3) is 0 Å². The molecule has 0 radical (unpaired) electrons. The van der Waals surface area contributed by atoms with Crippen LogP contribution in [0.15, 0.2) is 0 Å². The number of rotatable bonds is 34. The number of unbranched alkanes of at least 4 members (excludes halogenated alkanes) is 30. The summed E-state index contributed by atoms with van der Waals surface area (Å²) in [7, 11) is 0. The Morgan fingerprint density at radius 3 is 1.00 bits per heavy atom. The molecule has 2 unspecified atom stereocenters. The van der Waals surface area contributed by atoms with Gasteiger partial charge in [-0.1, -0.05) is 206 Å². The molecular formula is C40H82BrN. The molecule has 1 fully saturated rings. The molecule has 0 amide bonds. The van der Waals surface area contributed by atoms with Crippen molar-refractivity contribution >= 4 is 0 Å². The maximum absolute atomic E-state index is 2.31. The topological polar surface area (TPSA) is 4.44 Å². The summed E-state index contributed by atoms with van der Waals surface area (Å²) in [5.74, 6) is 1.05. The zero-order valence-electron chi connectivity index (χ0n) is 29.6. The Hall–Kier alpha value is 0.440. The van der Waals surface area contributed by atoms with E-state index < -0.39 is 0 Å². The summed E-state index contributed by atoms with van der Waals surface area (Å²) in [6.07, 6.45) is 50.4. The van der Waals surface area contributed by atoms with Crippen LogP contribution in [0.3, 0.4) is 0 Å². The van der Waals surface area contributed by atoms with Gasteiger partial charge in [0.05, 0.1) is 19.6 Å². The molecule has 1 rings (SSSR count). The first-order valence-electron chi connectivity index (χ1n) is 20.2. The zero-order chi connectivity index (χ0) is 29.3. The Kier molecular flexibility index (Phi) is 36.3. The van der Waals surface area contributed by atoms with Gasteiger partial charge in [0, 0.05) is 12.3 Å². The summed E-state index contributed by atoms with van der Waals surface area (Å²) < 4.78 is 0. The third-order valence-corrected chi connectivity index (χ3v) is 10.3. The highest BCUT2D eigenvalue weighted by molar-refractivity contribution is 4.63. The minimum absolute atomic E-state index is 0. The van der Waals surface area contributed by atoms with Crippen molar-refractivity contribution in [2.45, 2.75) is 232 Å². The van der Waals surface area contributed by atoms with E-state index in [1.807, 2.05) is 4.90 Å². The lowest BCUT2D eigenvalue weighted by molar-refractivity contribution is -0.889. The van der Waals surface area contributed by atoms with Crippen LogP contribution in [0.1, 0.15) is 232 Å². The first-order valence-corrected chi connectivity index (χ1v) is 20.2. The maximum Gasteiger partial charge on any atom is 0.0801 e. The molecule has 1 aliphatic heterocycles. The lowest BCUT2D eigenvalue weighted by Gasteiger charge is -2.13. The molecule has 1 heterocycles. The summed E-state index contributed by atoms with van der Waals surface area (Å²) in [6, 6.07) is 0. The average Bonchev–Trinajstić information content (AvgIpc) is 3.44. The van der Waals surface area contributed by atoms with E-state index in [0.717, 1.165) is 5.92 Å². The van der Waals surface area contributed by atoms with Gasteiger partial charge in [-0.15, -0.1) is 0 Å². The van der Waals surface area contributed by atoms with Crippen LogP contribution in [0.4, 0.5) is 0 Å². The second-order valence-electron chi connectivity index (χ2n) is 14.5. The molecule has 42 heavy (non-hydrogen) atoms. The number of nitrogens with one attached hydrogen (secondary N) is 1. The predicted molar refractivity (Wildman–Crippen MR) is 187 cm³/mol. The van der Waals surface area contributed by atoms with Crippen molar-refractivity contribution in [1.29, 1.82) is 0 Å². The molecule has 0 spiro atoms. The monoisotopic (exact) mass is 656 g/mol. The molecule has 0 bridgehead atoms. The molecule has 0 aliphatic carbocycles. The third kappa shape index (κ3) is 30.5. The van der Waals surface area contributed by atoms with Crippen molar-refractivity contribution in [2.75, 3.05) is 19.6 Å². The first-order chi connectivity index (χ1) is 20.4. The molecule has 1 N–H and O–H groups in total. The SMILES string of the molecule is CCCCCCCCCCCCCCCCCCC1CC[NH+](CCCCCCCCCCCCCCCCCC)C1.[Br-]. The van der Waals surface area contributed by atoms with Gasteiger partial charge in [0.15, 0.2) is 0 Å². The average molecular weight is 657 g/mol. The second-order valence-corrected chi connectivity index (χ2v) is 14.5. The van der Waals surface area contributed by atoms with Gasteiger partial charge in [0.25, 0.3) is 0 Å². The first kappa shape index (κ1) is 42.4. The van der Waals surface area contributed by atoms with Crippen molar-refractivity contribution in [1.82, 2.24) is 0 Å². The van der Waals surface area contributed by atoms with Gasteiger partial charge in [0.1, 0.15) is 0 Å². The van der Waals surface area contributed by atoms with Crippen LogP contribution in [0.5, 0.6) is 0 Å². The standard InChI is InChI=1S/C40H81N.BrH/c1-3-5-7-9-11-13-15-17-19-21-23-25-27-29-31-33-35-40-36-38-41(39-40)37-34-32-30-28-26-24-22-20-18-16-14-12-10-8-6-4-2;/h40H,3-39H2,1-2H3;1H. The summed E-state index contributed by atoms with van der Waals surface area (Å²) in [4.78, 5) is 1.94. The summed E-state index contributed by atoms with van der Waals surface area (Å²) >= 11 is 0. The maximum atomic E-state index is 2.31. The smallest absolute Gasteiger partial charge is 0.0801 e. The van der Waals surface area contributed by atoms with E-state index in [-0.39, 0.29) is 17.0 Å². The predicted octanol–water partition coefficient (Wildman–Crippen LogP) is 9.81. The van der Waals surface area contributed by atoms with Gasteiger partial charge < -0.3 is 21.9 Å². The van der Waals surface area contributed by atoms with Crippen LogP contribution in [0, 0.1) is 5.92 Å². The minimum atomic E-state index is 0. The van der Waals surface area contributed by atoms with Crippen LogP contribution in [0.2, 0.25) is 0 Å². The normalized spacial score (nSPS) is 16.7. The number of likely N-dealkylation sites (tertiary alicyclic amines) is 1. The highest BCUT2D eigenvalue weighted by Crippen LogP contribution is 2.18. The second kappa shape index (κ2) is 35.9. The Morgan fingerprint density at radius 1 is 0.381 bits per heavy atom. The van der Waals surface area contributed by atoms with Crippen molar-refractivity contribution in [3.05, 3.63) is 0 Å². The number of quaternary nitrogens is 1. The van der Waals surface area contributed by atoms with Gasteiger partial charge in [-0.05, 0) is 19.3 Å². The molecule has 1 nitrogen and oxygen atoms in total.